The summed E-state index contributed by atoms with van der Waals surface area (Å²) in [6.45, 7) is 6.16. The second-order valence-corrected chi connectivity index (χ2v) is 9.63. The molecule has 3 heterocycles. The maximum Gasteiger partial charge on any atom is 0.191 e. The van der Waals surface area contributed by atoms with Gasteiger partial charge in [-0.2, -0.15) is 0 Å². The molecule has 30 heavy (non-hydrogen) atoms. The molecule has 1 aromatic heterocycles. The highest BCUT2D eigenvalue weighted by Crippen LogP contribution is 2.36. The Balaban J connectivity index is 0.00000256. The number of piperidine rings is 1. The summed E-state index contributed by atoms with van der Waals surface area (Å²) >= 11 is 1.80. The molecule has 164 valence electrons. The SMILES string of the molecule is CN=C(NCCc1sc(C)nc1C)NC1CC2CCC(C1)N2Cc1ccccc1.I. The first-order valence-electron chi connectivity index (χ1n) is 10.8. The molecule has 0 aliphatic carbocycles. The van der Waals surface area contributed by atoms with Crippen molar-refractivity contribution < 1.29 is 0 Å². The molecule has 2 saturated heterocycles. The van der Waals surface area contributed by atoms with Crippen molar-refractivity contribution in [2.24, 2.45) is 4.99 Å². The van der Waals surface area contributed by atoms with E-state index in [0.717, 1.165) is 30.5 Å². The number of hydrogen-bond acceptors (Lipinski definition) is 4. The Hall–Kier alpha value is -1.19. The second kappa shape index (κ2) is 10.9. The van der Waals surface area contributed by atoms with Gasteiger partial charge in [-0.15, -0.1) is 35.3 Å². The van der Waals surface area contributed by atoms with Crippen LogP contribution in [0.15, 0.2) is 35.3 Å². The van der Waals surface area contributed by atoms with Crippen LogP contribution in [0, 0.1) is 13.8 Å². The monoisotopic (exact) mass is 539 g/mol. The van der Waals surface area contributed by atoms with E-state index in [0.29, 0.717) is 18.1 Å². The molecule has 2 fully saturated rings. The van der Waals surface area contributed by atoms with Gasteiger partial charge in [0.05, 0.1) is 10.7 Å². The average Bonchev–Trinajstić information content (AvgIpc) is 3.15. The summed E-state index contributed by atoms with van der Waals surface area (Å²) in [4.78, 5) is 13.1. The van der Waals surface area contributed by atoms with E-state index in [4.69, 9.17) is 0 Å². The highest BCUT2D eigenvalue weighted by Gasteiger charge is 2.40. The van der Waals surface area contributed by atoms with Gasteiger partial charge in [-0.25, -0.2) is 4.98 Å². The van der Waals surface area contributed by atoms with Crippen molar-refractivity contribution >= 4 is 41.3 Å². The third kappa shape index (κ3) is 5.73. The van der Waals surface area contributed by atoms with E-state index < -0.39 is 0 Å². The maximum absolute atomic E-state index is 4.52. The lowest BCUT2D eigenvalue weighted by Gasteiger charge is -2.39. The predicted octanol–water partition coefficient (Wildman–Crippen LogP) is 4.28. The molecule has 0 spiro atoms. The van der Waals surface area contributed by atoms with Gasteiger partial charge >= 0.3 is 0 Å². The number of rotatable bonds is 6. The molecule has 2 unspecified atom stereocenters. The molecule has 0 saturated carbocycles. The van der Waals surface area contributed by atoms with Crippen LogP contribution in [0.4, 0.5) is 0 Å². The summed E-state index contributed by atoms with van der Waals surface area (Å²) in [5, 5.41) is 8.35. The minimum atomic E-state index is 0. The number of thiazole rings is 1. The van der Waals surface area contributed by atoms with E-state index in [9.17, 15) is 0 Å². The van der Waals surface area contributed by atoms with E-state index in [1.54, 1.807) is 11.3 Å². The van der Waals surface area contributed by atoms with Crippen molar-refractivity contribution in [1.82, 2.24) is 20.5 Å². The molecule has 4 rings (SSSR count). The van der Waals surface area contributed by atoms with Gasteiger partial charge in [-0.3, -0.25) is 9.89 Å². The Morgan fingerprint density at radius 2 is 1.87 bits per heavy atom. The largest absolute Gasteiger partial charge is 0.356 e. The number of nitrogens with one attached hydrogen (secondary N) is 2. The van der Waals surface area contributed by atoms with E-state index in [1.807, 2.05) is 7.05 Å². The summed E-state index contributed by atoms with van der Waals surface area (Å²) in [7, 11) is 1.87. The Morgan fingerprint density at radius 1 is 1.17 bits per heavy atom. The first-order valence-corrected chi connectivity index (χ1v) is 11.6. The lowest BCUT2D eigenvalue weighted by molar-refractivity contribution is 0.114. The minimum Gasteiger partial charge on any atom is -0.356 e. The van der Waals surface area contributed by atoms with Crippen LogP contribution in [0.1, 0.15) is 46.8 Å². The van der Waals surface area contributed by atoms with Crippen LogP contribution < -0.4 is 10.6 Å². The van der Waals surface area contributed by atoms with Crippen LogP contribution in [0.2, 0.25) is 0 Å². The van der Waals surface area contributed by atoms with Crippen molar-refractivity contribution in [2.45, 2.75) is 70.6 Å². The maximum atomic E-state index is 4.52. The van der Waals surface area contributed by atoms with Crippen molar-refractivity contribution in [3.63, 3.8) is 0 Å². The number of halogens is 1. The van der Waals surface area contributed by atoms with Crippen LogP contribution in [0.25, 0.3) is 0 Å². The number of hydrogen-bond donors (Lipinski definition) is 2. The van der Waals surface area contributed by atoms with E-state index in [-0.39, 0.29) is 24.0 Å². The van der Waals surface area contributed by atoms with E-state index in [1.165, 1.54) is 41.8 Å². The molecule has 2 aliphatic rings. The molecule has 7 heteroatoms. The number of nitrogens with zero attached hydrogens (tertiary/aromatic N) is 3. The molecule has 0 amide bonds. The zero-order valence-corrected chi connectivity index (χ0v) is 21.4. The number of aliphatic imine (C=N–C) groups is 1. The smallest absolute Gasteiger partial charge is 0.191 e. The molecule has 1 aromatic carbocycles. The number of benzene rings is 1. The zero-order chi connectivity index (χ0) is 20.2. The van der Waals surface area contributed by atoms with Gasteiger partial charge in [-0.05, 0) is 45.1 Å². The fourth-order valence-electron chi connectivity index (χ4n) is 4.93. The number of aromatic nitrogens is 1. The van der Waals surface area contributed by atoms with Crippen LogP contribution in [0.5, 0.6) is 0 Å². The second-order valence-electron chi connectivity index (χ2n) is 8.35. The fourth-order valence-corrected chi connectivity index (χ4v) is 5.87. The van der Waals surface area contributed by atoms with Crippen molar-refractivity contribution in [3.05, 3.63) is 51.5 Å². The van der Waals surface area contributed by atoms with Crippen LogP contribution >= 0.6 is 35.3 Å². The van der Waals surface area contributed by atoms with Crippen LogP contribution in [-0.2, 0) is 13.0 Å². The molecule has 2 aromatic rings. The Morgan fingerprint density at radius 3 is 2.47 bits per heavy atom. The minimum absolute atomic E-state index is 0. The zero-order valence-electron chi connectivity index (χ0n) is 18.2. The Kier molecular flexibility index (Phi) is 8.53. The quantitative estimate of drug-likeness (QED) is 0.327. The molecule has 5 nitrogen and oxygen atoms in total. The van der Waals surface area contributed by atoms with Gasteiger partial charge in [0.15, 0.2) is 5.96 Å². The van der Waals surface area contributed by atoms with E-state index in [2.05, 4.69) is 69.7 Å². The van der Waals surface area contributed by atoms with Gasteiger partial charge in [0.2, 0.25) is 0 Å². The topological polar surface area (TPSA) is 52.6 Å². The summed E-state index contributed by atoms with van der Waals surface area (Å²) in [6.07, 6.45) is 6.06. The third-order valence-corrected chi connectivity index (χ3v) is 7.43. The molecular formula is C23H34IN5S. The van der Waals surface area contributed by atoms with Crippen molar-refractivity contribution in [1.29, 1.82) is 0 Å². The standard InChI is InChI=1S/C23H33N5S.HI/c1-16-22(29-17(2)26-16)11-12-25-23(24-3)27-19-13-20-9-10-21(14-19)28(20)15-18-7-5-4-6-8-18;/h4-8,19-21H,9-15H2,1-3H3,(H2,24,25,27);1H. The fraction of sp³-hybridized carbons (Fsp3) is 0.565. The molecule has 2 N–H and O–H groups in total. The first kappa shape index (κ1) is 23.5. The number of aryl methyl sites for hydroxylation is 2. The first-order chi connectivity index (χ1) is 14.1. The predicted molar refractivity (Wildman–Crippen MR) is 137 cm³/mol. The third-order valence-electron chi connectivity index (χ3n) is 6.30. The number of fused-ring (bicyclic) bond motifs is 2. The molecule has 2 aliphatic heterocycles. The lowest BCUT2D eigenvalue weighted by Crippen LogP contribution is -2.52. The normalized spacial score (nSPS) is 23.8. The van der Waals surface area contributed by atoms with Crippen molar-refractivity contribution in [2.75, 3.05) is 13.6 Å². The Bertz CT molecular complexity index is 823. The van der Waals surface area contributed by atoms with Gasteiger partial charge < -0.3 is 10.6 Å². The van der Waals surface area contributed by atoms with Crippen LogP contribution in [0.3, 0.4) is 0 Å². The highest BCUT2D eigenvalue weighted by atomic mass is 127. The summed E-state index contributed by atoms with van der Waals surface area (Å²) in [5.41, 5.74) is 2.60. The molecular weight excluding hydrogens is 505 g/mol. The summed E-state index contributed by atoms with van der Waals surface area (Å²) in [6, 6.07) is 12.8. The molecule has 2 bridgehead atoms. The molecule has 2 atom stereocenters. The summed E-state index contributed by atoms with van der Waals surface area (Å²) < 4.78 is 0. The Labute approximate surface area is 201 Å². The van der Waals surface area contributed by atoms with Gasteiger partial charge in [-0.1, -0.05) is 30.3 Å². The van der Waals surface area contributed by atoms with E-state index >= 15 is 0 Å². The van der Waals surface area contributed by atoms with Gasteiger partial charge in [0.1, 0.15) is 0 Å². The van der Waals surface area contributed by atoms with Gasteiger partial charge in [0, 0.05) is 49.6 Å². The lowest BCUT2D eigenvalue weighted by atomic mass is 9.96. The summed E-state index contributed by atoms with van der Waals surface area (Å²) in [5.74, 6) is 0.935. The molecule has 0 radical (unpaired) electrons. The van der Waals surface area contributed by atoms with Crippen LogP contribution in [-0.4, -0.2) is 47.6 Å². The van der Waals surface area contributed by atoms with Crippen molar-refractivity contribution in [3.8, 4) is 0 Å². The highest BCUT2D eigenvalue weighted by molar-refractivity contribution is 14.0. The number of guanidine groups is 1. The average molecular weight is 540 g/mol. The van der Waals surface area contributed by atoms with Gasteiger partial charge in [0.25, 0.3) is 0 Å².